The lowest BCUT2D eigenvalue weighted by Gasteiger charge is -2.18. The van der Waals surface area contributed by atoms with E-state index < -0.39 is 6.04 Å². The fraction of sp³-hybridized carbons (Fsp3) is 0.444. The van der Waals surface area contributed by atoms with Crippen molar-refractivity contribution in [1.82, 2.24) is 15.5 Å². The zero-order valence-electron chi connectivity index (χ0n) is 15.4. The van der Waals surface area contributed by atoms with Gasteiger partial charge >= 0.3 is 0 Å². The Bertz CT molecular complexity index is 743. The molecular formula is C18H24N4O3S. The molecule has 0 radical (unpaired) electrons. The number of benzene rings is 1. The van der Waals surface area contributed by atoms with Crippen LogP contribution in [0.25, 0.3) is 0 Å². The Morgan fingerprint density at radius 1 is 1.19 bits per heavy atom. The molecule has 0 saturated carbocycles. The average Bonchev–Trinajstić information content (AvgIpc) is 2.99. The highest BCUT2D eigenvalue weighted by atomic mass is 32.1. The van der Waals surface area contributed by atoms with Gasteiger partial charge in [-0.15, -0.1) is 10.2 Å². The Morgan fingerprint density at radius 2 is 1.88 bits per heavy atom. The first kappa shape index (κ1) is 19.8. The van der Waals surface area contributed by atoms with Crippen LogP contribution in [0.2, 0.25) is 0 Å². The third-order valence-electron chi connectivity index (χ3n) is 3.58. The quantitative estimate of drug-likeness (QED) is 0.739. The highest BCUT2D eigenvalue weighted by Crippen LogP contribution is 2.22. The number of hydrogen-bond donors (Lipinski definition) is 2. The Hall–Kier alpha value is -2.48. The molecule has 0 aliphatic rings. The average molecular weight is 376 g/mol. The minimum absolute atomic E-state index is 0.102. The highest BCUT2D eigenvalue weighted by molar-refractivity contribution is 7.15. The zero-order chi connectivity index (χ0) is 19.1. The molecule has 0 fully saturated rings. The van der Waals surface area contributed by atoms with Crippen LogP contribution in [0, 0.1) is 5.92 Å². The first-order valence-corrected chi connectivity index (χ1v) is 9.22. The lowest BCUT2D eigenvalue weighted by Crippen LogP contribution is -2.29. The number of nitrogens with zero attached hydrogens (tertiary/aromatic N) is 2. The molecule has 26 heavy (non-hydrogen) atoms. The molecule has 0 saturated heterocycles. The van der Waals surface area contributed by atoms with Crippen LogP contribution in [-0.4, -0.2) is 29.1 Å². The number of amides is 2. The third kappa shape index (κ3) is 6.11. The molecule has 7 nitrogen and oxygen atoms in total. The molecule has 140 valence electrons. The molecule has 8 heteroatoms. The molecule has 0 aliphatic carbocycles. The predicted molar refractivity (Wildman–Crippen MR) is 101 cm³/mol. The van der Waals surface area contributed by atoms with Gasteiger partial charge in [-0.3, -0.25) is 9.59 Å². The van der Waals surface area contributed by atoms with Gasteiger partial charge in [-0.25, -0.2) is 0 Å². The summed E-state index contributed by atoms with van der Waals surface area (Å²) in [6.07, 6.45) is 0.929. The SMILES string of the molecule is COc1ccc(C(CC(=O)Nc2nnc(CC(C)C)s2)NC(C)=O)cc1. The van der Waals surface area contributed by atoms with Crippen LogP contribution in [0.4, 0.5) is 5.13 Å². The number of carbonyl (C=O) groups is 2. The molecule has 1 heterocycles. The van der Waals surface area contributed by atoms with Crippen LogP contribution in [0.3, 0.4) is 0 Å². The first-order valence-electron chi connectivity index (χ1n) is 8.40. The maximum atomic E-state index is 12.4. The van der Waals surface area contributed by atoms with Crippen molar-refractivity contribution >= 4 is 28.3 Å². The second-order valence-corrected chi connectivity index (χ2v) is 7.44. The van der Waals surface area contributed by atoms with Crippen molar-refractivity contribution in [3.8, 4) is 5.75 Å². The Labute approximate surface area is 157 Å². The van der Waals surface area contributed by atoms with E-state index in [1.165, 1.54) is 18.3 Å². The van der Waals surface area contributed by atoms with Crippen molar-refractivity contribution in [3.05, 3.63) is 34.8 Å². The number of hydrogen-bond acceptors (Lipinski definition) is 6. The Balaban J connectivity index is 2.03. The van der Waals surface area contributed by atoms with Crippen LogP contribution in [-0.2, 0) is 16.0 Å². The van der Waals surface area contributed by atoms with Crippen molar-refractivity contribution in [2.75, 3.05) is 12.4 Å². The van der Waals surface area contributed by atoms with Gasteiger partial charge in [0.1, 0.15) is 10.8 Å². The standard InChI is InChI=1S/C18H24N4O3S/c1-11(2)9-17-21-22-18(26-17)20-16(24)10-15(19-12(3)23)13-5-7-14(25-4)8-6-13/h5-8,11,15H,9-10H2,1-4H3,(H,19,23)(H,20,22,24). The lowest BCUT2D eigenvalue weighted by atomic mass is 10.0. The van der Waals surface area contributed by atoms with Crippen LogP contribution >= 0.6 is 11.3 Å². The number of anilines is 1. The molecular weight excluding hydrogens is 352 g/mol. The monoisotopic (exact) mass is 376 g/mol. The molecule has 0 aliphatic heterocycles. The second kappa shape index (κ2) is 9.28. The van der Waals surface area contributed by atoms with E-state index in [2.05, 4.69) is 34.7 Å². The summed E-state index contributed by atoms with van der Waals surface area (Å²) in [5.74, 6) is 0.762. The Morgan fingerprint density at radius 3 is 2.46 bits per heavy atom. The third-order valence-corrected chi connectivity index (χ3v) is 4.44. The van der Waals surface area contributed by atoms with Crippen LogP contribution in [0.5, 0.6) is 5.75 Å². The maximum absolute atomic E-state index is 12.4. The van der Waals surface area contributed by atoms with Crippen LogP contribution in [0.15, 0.2) is 24.3 Å². The van der Waals surface area contributed by atoms with E-state index in [0.29, 0.717) is 16.8 Å². The Kier molecular flexibility index (Phi) is 7.08. The van der Waals surface area contributed by atoms with Gasteiger partial charge in [-0.2, -0.15) is 0 Å². The summed E-state index contributed by atoms with van der Waals surface area (Å²) in [5.41, 5.74) is 0.828. The summed E-state index contributed by atoms with van der Waals surface area (Å²) in [7, 11) is 1.59. The topological polar surface area (TPSA) is 93.2 Å². The van der Waals surface area contributed by atoms with Gasteiger partial charge < -0.3 is 15.4 Å². The van der Waals surface area contributed by atoms with E-state index in [-0.39, 0.29) is 18.2 Å². The van der Waals surface area contributed by atoms with Gasteiger partial charge in [-0.1, -0.05) is 37.3 Å². The molecule has 0 bridgehead atoms. The zero-order valence-corrected chi connectivity index (χ0v) is 16.2. The molecule has 1 aromatic carbocycles. The summed E-state index contributed by atoms with van der Waals surface area (Å²) in [6.45, 7) is 5.64. The molecule has 2 rings (SSSR count). The molecule has 2 aromatic rings. The van der Waals surface area contributed by atoms with Crippen molar-refractivity contribution in [3.63, 3.8) is 0 Å². The van der Waals surface area contributed by atoms with Crippen molar-refractivity contribution < 1.29 is 14.3 Å². The second-order valence-electron chi connectivity index (χ2n) is 6.38. The molecule has 1 atom stereocenters. The van der Waals surface area contributed by atoms with E-state index in [9.17, 15) is 9.59 Å². The maximum Gasteiger partial charge on any atom is 0.228 e. The molecule has 1 aromatic heterocycles. The van der Waals surface area contributed by atoms with Gasteiger partial charge in [0.05, 0.1) is 19.6 Å². The van der Waals surface area contributed by atoms with E-state index >= 15 is 0 Å². The smallest absolute Gasteiger partial charge is 0.228 e. The first-order chi connectivity index (χ1) is 12.4. The molecule has 0 spiro atoms. The van der Waals surface area contributed by atoms with Crippen molar-refractivity contribution in [1.29, 1.82) is 0 Å². The van der Waals surface area contributed by atoms with E-state index in [4.69, 9.17) is 4.74 Å². The predicted octanol–water partition coefficient (Wildman–Crippen LogP) is 2.95. The minimum atomic E-state index is -0.429. The summed E-state index contributed by atoms with van der Waals surface area (Å²) in [4.78, 5) is 23.9. The number of nitrogens with one attached hydrogen (secondary N) is 2. The summed E-state index contributed by atoms with van der Waals surface area (Å²) in [6, 6.07) is 6.83. The summed E-state index contributed by atoms with van der Waals surface area (Å²) in [5, 5.41) is 15.0. The number of rotatable bonds is 8. The fourth-order valence-corrected chi connectivity index (χ4v) is 3.39. The van der Waals surface area contributed by atoms with Gasteiger partial charge in [0.2, 0.25) is 16.9 Å². The minimum Gasteiger partial charge on any atom is -0.497 e. The number of aromatic nitrogens is 2. The number of carbonyl (C=O) groups excluding carboxylic acids is 2. The molecule has 1 unspecified atom stereocenters. The van der Waals surface area contributed by atoms with Crippen molar-refractivity contribution in [2.24, 2.45) is 5.92 Å². The van der Waals surface area contributed by atoms with Crippen molar-refractivity contribution in [2.45, 2.75) is 39.7 Å². The van der Waals surface area contributed by atoms with Crippen LogP contribution < -0.4 is 15.4 Å². The van der Waals surface area contributed by atoms with E-state index in [1.54, 1.807) is 19.2 Å². The van der Waals surface area contributed by atoms with Gasteiger partial charge in [0.25, 0.3) is 0 Å². The van der Waals surface area contributed by atoms with Crippen LogP contribution in [0.1, 0.15) is 43.8 Å². The lowest BCUT2D eigenvalue weighted by molar-refractivity contribution is -0.120. The van der Waals surface area contributed by atoms with Gasteiger partial charge in [0.15, 0.2) is 0 Å². The largest absolute Gasteiger partial charge is 0.497 e. The van der Waals surface area contributed by atoms with E-state index in [1.807, 2.05) is 12.1 Å². The molecule has 2 amide bonds. The number of ether oxygens (including phenoxy) is 1. The molecule has 2 N–H and O–H groups in total. The highest BCUT2D eigenvalue weighted by Gasteiger charge is 2.18. The summed E-state index contributed by atoms with van der Waals surface area (Å²) < 4.78 is 5.14. The fourth-order valence-electron chi connectivity index (χ4n) is 2.43. The van der Waals surface area contributed by atoms with Gasteiger partial charge in [0, 0.05) is 13.3 Å². The normalized spacial score (nSPS) is 11.9. The number of methoxy groups -OCH3 is 1. The summed E-state index contributed by atoms with van der Waals surface area (Å²) >= 11 is 1.37. The van der Waals surface area contributed by atoms with Gasteiger partial charge in [-0.05, 0) is 23.6 Å². The van der Waals surface area contributed by atoms with E-state index in [0.717, 1.165) is 17.0 Å².